The Kier molecular flexibility index (Phi) is 2.69. The third-order valence-electron chi connectivity index (χ3n) is 2.54. The van der Waals surface area contributed by atoms with Crippen molar-refractivity contribution in [1.29, 1.82) is 0 Å². The van der Waals surface area contributed by atoms with Crippen LogP contribution in [0.25, 0.3) is 0 Å². The quantitative estimate of drug-likeness (QED) is 0.817. The van der Waals surface area contributed by atoms with Crippen LogP contribution in [0.2, 0.25) is 0 Å². The molecule has 1 aromatic heterocycles. The molecule has 4 heteroatoms. The Morgan fingerprint density at radius 3 is 2.77 bits per heavy atom. The molecule has 1 aliphatic rings. The van der Waals surface area contributed by atoms with Gasteiger partial charge in [-0.3, -0.25) is 4.68 Å². The van der Waals surface area contributed by atoms with Crippen molar-refractivity contribution >= 4 is 15.9 Å². The van der Waals surface area contributed by atoms with E-state index in [0.717, 1.165) is 23.3 Å². The number of rotatable bonds is 1. The predicted molar refractivity (Wildman–Crippen MR) is 55.8 cm³/mol. The van der Waals surface area contributed by atoms with E-state index in [0.29, 0.717) is 6.04 Å². The Bertz CT molecular complexity index is 270. The average Bonchev–Trinajstić information content (AvgIpc) is 2.49. The van der Waals surface area contributed by atoms with Crippen LogP contribution in [0, 0.1) is 6.92 Å². The maximum absolute atomic E-state index is 4.48. The number of hydrogen-bond acceptors (Lipinski definition) is 2. The lowest BCUT2D eigenvalue weighted by atomic mass is 10.1. The van der Waals surface area contributed by atoms with E-state index in [9.17, 15) is 0 Å². The Labute approximate surface area is 86.6 Å². The molecule has 2 heterocycles. The van der Waals surface area contributed by atoms with Gasteiger partial charge in [-0.25, -0.2) is 0 Å². The molecule has 1 N–H and O–H groups in total. The second-order valence-electron chi connectivity index (χ2n) is 3.52. The third kappa shape index (κ3) is 1.94. The highest BCUT2D eigenvalue weighted by atomic mass is 79.9. The Morgan fingerprint density at radius 1 is 1.54 bits per heavy atom. The van der Waals surface area contributed by atoms with Crippen LogP contribution in [0.3, 0.4) is 0 Å². The van der Waals surface area contributed by atoms with Gasteiger partial charge in [0.1, 0.15) is 0 Å². The van der Waals surface area contributed by atoms with Crippen LogP contribution in [-0.2, 0) is 0 Å². The van der Waals surface area contributed by atoms with Crippen molar-refractivity contribution in [3.63, 3.8) is 0 Å². The average molecular weight is 244 g/mol. The largest absolute Gasteiger partial charge is 0.317 e. The van der Waals surface area contributed by atoms with E-state index in [-0.39, 0.29) is 0 Å². The molecule has 13 heavy (non-hydrogen) atoms. The molecule has 1 aliphatic heterocycles. The van der Waals surface area contributed by atoms with Crippen molar-refractivity contribution in [3.8, 4) is 0 Å². The van der Waals surface area contributed by atoms with E-state index in [2.05, 4.69) is 37.2 Å². The fourth-order valence-corrected chi connectivity index (χ4v) is 2.01. The van der Waals surface area contributed by atoms with Crippen molar-refractivity contribution in [2.45, 2.75) is 25.8 Å². The lowest BCUT2D eigenvalue weighted by Crippen LogP contribution is -2.29. The molecule has 1 fully saturated rings. The number of nitrogens with one attached hydrogen (secondary N) is 1. The Hall–Kier alpha value is -0.350. The van der Waals surface area contributed by atoms with Crippen LogP contribution in [-0.4, -0.2) is 22.9 Å². The van der Waals surface area contributed by atoms with E-state index >= 15 is 0 Å². The fourth-order valence-electron chi connectivity index (χ4n) is 1.72. The standard InChI is InChI=1S/C9H14BrN3/c1-7-9(10)6-13(12-7)8-2-4-11-5-3-8/h6,8,11H,2-5H2,1H3. The maximum atomic E-state index is 4.48. The molecule has 0 aliphatic carbocycles. The summed E-state index contributed by atoms with van der Waals surface area (Å²) in [7, 11) is 0. The van der Waals surface area contributed by atoms with Crippen molar-refractivity contribution in [2.24, 2.45) is 0 Å². The summed E-state index contributed by atoms with van der Waals surface area (Å²) < 4.78 is 3.21. The normalized spacial score (nSPS) is 19.2. The smallest absolute Gasteiger partial charge is 0.0735 e. The van der Waals surface area contributed by atoms with Crippen LogP contribution < -0.4 is 5.32 Å². The zero-order valence-electron chi connectivity index (χ0n) is 7.76. The lowest BCUT2D eigenvalue weighted by molar-refractivity contribution is 0.342. The first-order chi connectivity index (χ1) is 6.27. The minimum atomic E-state index is 0.589. The van der Waals surface area contributed by atoms with Gasteiger partial charge in [-0.05, 0) is 48.8 Å². The number of piperidine rings is 1. The van der Waals surface area contributed by atoms with Crippen molar-refractivity contribution in [1.82, 2.24) is 15.1 Å². The van der Waals surface area contributed by atoms with Gasteiger partial charge in [-0.1, -0.05) is 0 Å². The molecule has 0 radical (unpaired) electrons. The van der Waals surface area contributed by atoms with Crippen LogP contribution in [0.4, 0.5) is 0 Å². The monoisotopic (exact) mass is 243 g/mol. The van der Waals surface area contributed by atoms with Crippen molar-refractivity contribution in [2.75, 3.05) is 13.1 Å². The molecular formula is C9H14BrN3. The summed E-state index contributed by atoms with van der Waals surface area (Å²) in [6, 6.07) is 0.589. The summed E-state index contributed by atoms with van der Waals surface area (Å²) in [5.41, 5.74) is 1.08. The first-order valence-electron chi connectivity index (χ1n) is 4.69. The molecule has 1 aromatic rings. The van der Waals surface area contributed by atoms with Gasteiger partial charge in [0.25, 0.3) is 0 Å². The van der Waals surface area contributed by atoms with E-state index in [4.69, 9.17) is 0 Å². The number of aryl methyl sites for hydroxylation is 1. The minimum absolute atomic E-state index is 0.589. The highest BCUT2D eigenvalue weighted by Gasteiger charge is 2.16. The summed E-state index contributed by atoms with van der Waals surface area (Å²) >= 11 is 3.48. The van der Waals surface area contributed by atoms with E-state index in [1.54, 1.807) is 0 Å². The second-order valence-corrected chi connectivity index (χ2v) is 4.38. The number of halogens is 1. The molecule has 0 bridgehead atoms. The lowest BCUT2D eigenvalue weighted by Gasteiger charge is -2.22. The van der Waals surface area contributed by atoms with E-state index < -0.39 is 0 Å². The minimum Gasteiger partial charge on any atom is -0.317 e. The Morgan fingerprint density at radius 2 is 2.23 bits per heavy atom. The summed E-state index contributed by atoms with van der Waals surface area (Å²) in [5.74, 6) is 0. The molecule has 0 unspecified atom stereocenters. The third-order valence-corrected chi connectivity index (χ3v) is 3.32. The van der Waals surface area contributed by atoms with Gasteiger partial charge < -0.3 is 5.32 Å². The molecule has 1 saturated heterocycles. The predicted octanol–water partition coefficient (Wildman–Crippen LogP) is 1.88. The van der Waals surface area contributed by atoms with Gasteiger partial charge >= 0.3 is 0 Å². The fraction of sp³-hybridized carbons (Fsp3) is 0.667. The van der Waals surface area contributed by atoms with Crippen LogP contribution in [0.5, 0.6) is 0 Å². The molecule has 0 atom stereocenters. The number of hydrogen-bond donors (Lipinski definition) is 1. The number of aromatic nitrogens is 2. The molecule has 0 amide bonds. The molecule has 2 rings (SSSR count). The molecule has 0 spiro atoms. The van der Waals surface area contributed by atoms with Crippen molar-refractivity contribution < 1.29 is 0 Å². The first kappa shape index (κ1) is 9.21. The van der Waals surface area contributed by atoms with Gasteiger partial charge in [0.15, 0.2) is 0 Å². The summed E-state index contributed by atoms with van der Waals surface area (Å²) in [6.07, 6.45) is 4.46. The van der Waals surface area contributed by atoms with Gasteiger partial charge in [0, 0.05) is 6.20 Å². The van der Waals surface area contributed by atoms with E-state index in [1.807, 2.05) is 6.92 Å². The van der Waals surface area contributed by atoms with Gasteiger partial charge in [-0.15, -0.1) is 0 Å². The SMILES string of the molecule is Cc1nn(C2CCNCC2)cc1Br. The second kappa shape index (κ2) is 3.80. The van der Waals surface area contributed by atoms with Gasteiger partial charge in [0.05, 0.1) is 16.2 Å². The summed E-state index contributed by atoms with van der Waals surface area (Å²) in [6.45, 7) is 4.25. The molecule has 0 saturated carbocycles. The van der Waals surface area contributed by atoms with Crippen molar-refractivity contribution in [3.05, 3.63) is 16.4 Å². The summed E-state index contributed by atoms with van der Waals surface area (Å²) in [4.78, 5) is 0. The maximum Gasteiger partial charge on any atom is 0.0735 e. The Balaban J connectivity index is 2.14. The zero-order valence-corrected chi connectivity index (χ0v) is 9.34. The molecule has 3 nitrogen and oxygen atoms in total. The van der Waals surface area contributed by atoms with E-state index in [1.165, 1.54) is 12.8 Å². The van der Waals surface area contributed by atoms with Gasteiger partial charge in [-0.2, -0.15) is 5.10 Å². The van der Waals surface area contributed by atoms with Crippen LogP contribution in [0.15, 0.2) is 10.7 Å². The van der Waals surface area contributed by atoms with Crippen LogP contribution in [0.1, 0.15) is 24.6 Å². The zero-order chi connectivity index (χ0) is 9.26. The van der Waals surface area contributed by atoms with Crippen LogP contribution >= 0.6 is 15.9 Å². The highest BCUT2D eigenvalue weighted by molar-refractivity contribution is 9.10. The highest BCUT2D eigenvalue weighted by Crippen LogP contribution is 2.21. The molecule has 72 valence electrons. The molecular weight excluding hydrogens is 230 g/mol. The first-order valence-corrected chi connectivity index (χ1v) is 5.48. The number of nitrogens with zero attached hydrogens (tertiary/aromatic N) is 2. The van der Waals surface area contributed by atoms with Gasteiger partial charge in [0.2, 0.25) is 0 Å². The topological polar surface area (TPSA) is 29.9 Å². The summed E-state index contributed by atoms with van der Waals surface area (Å²) in [5, 5.41) is 7.83. The molecule has 0 aromatic carbocycles.